The van der Waals surface area contributed by atoms with Crippen molar-refractivity contribution in [3.63, 3.8) is 0 Å². The molecule has 0 unspecified atom stereocenters. The highest BCUT2D eigenvalue weighted by Gasteiger charge is 2.06. The Morgan fingerprint density at radius 3 is 2.61 bits per heavy atom. The number of nitrogens with zero attached hydrogens (tertiary/aromatic N) is 3. The number of fused-ring (bicyclic) bond motifs is 1. The Morgan fingerprint density at radius 1 is 1.17 bits per heavy atom. The minimum atomic E-state index is 0.284. The van der Waals surface area contributed by atoms with Crippen LogP contribution in [0.1, 0.15) is 5.56 Å². The largest absolute Gasteiger partial charge is 0.366 e. The summed E-state index contributed by atoms with van der Waals surface area (Å²) in [5.74, 6) is 0.284. The maximum Gasteiger partial charge on any atom is 0.240 e. The molecule has 3 rings (SSSR count). The molecule has 1 aromatic carbocycles. The van der Waals surface area contributed by atoms with Crippen LogP contribution in [0.2, 0.25) is 5.02 Å². The summed E-state index contributed by atoms with van der Waals surface area (Å²) in [6, 6.07) is 9.75. The summed E-state index contributed by atoms with van der Waals surface area (Å²) in [5, 5.41) is 4.86. The molecule has 18 heavy (non-hydrogen) atoms. The second-order valence-electron chi connectivity index (χ2n) is 4.16. The Bertz CT molecular complexity index is 716. The molecule has 0 aliphatic heterocycles. The second-order valence-corrected chi connectivity index (χ2v) is 4.59. The summed E-state index contributed by atoms with van der Waals surface area (Å²) in [6.07, 6.45) is 1.91. The molecule has 0 aliphatic carbocycles. The van der Waals surface area contributed by atoms with Crippen LogP contribution in [0.5, 0.6) is 0 Å². The smallest absolute Gasteiger partial charge is 0.240 e. The average molecular weight is 259 g/mol. The van der Waals surface area contributed by atoms with Crippen LogP contribution < -0.4 is 5.73 Å². The van der Waals surface area contributed by atoms with Gasteiger partial charge in [0.15, 0.2) is 5.65 Å². The Morgan fingerprint density at radius 2 is 1.89 bits per heavy atom. The molecule has 3 aromatic rings. The van der Waals surface area contributed by atoms with Crippen LogP contribution in [0, 0.1) is 6.92 Å². The van der Waals surface area contributed by atoms with Crippen molar-refractivity contribution in [1.82, 2.24) is 14.6 Å². The van der Waals surface area contributed by atoms with Gasteiger partial charge in [0.1, 0.15) is 0 Å². The quantitative estimate of drug-likeness (QED) is 0.730. The van der Waals surface area contributed by atoms with E-state index in [0.29, 0.717) is 0 Å². The Kier molecular flexibility index (Phi) is 2.45. The third kappa shape index (κ3) is 1.80. The van der Waals surface area contributed by atoms with E-state index in [1.54, 1.807) is 4.52 Å². The van der Waals surface area contributed by atoms with Crippen LogP contribution in [0.4, 0.5) is 5.95 Å². The van der Waals surface area contributed by atoms with Crippen LogP contribution in [-0.4, -0.2) is 14.6 Å². The molecule has 0 amide bonds. The molecule has 0 atom stereocenters. The summed E-state index contributed by atoms with van der Waals surface area (Å²) < 4.78 is 1.70. The molecule has 0 bridgehead atoms. The zero-order valence-corrected chi connectivity index (χ0v) is 10.5. The molecular weight excluding hydrogens is 248 g/mol. The summed E-state index contributed by atoms with van der Waals surface area (Å²) in [7, 11) is 0. The van der Waals surface area contributed by atoms with Crippen molar-refractivity contribution in [2.24, 2.45) is 0 Å². The minimum Gasteiger partial charge on any atom is -0.366 e. The van der Waals surface area contributed by atoms with Crippen molar-refractivity contribution >= 4 is 23.2 Å². The van der Waals surface area contributed by atoms with Gasteiger partial charge in [-0.25, -0.2) is 4.52 Å². The van der Waals surface area contributed by atoms with E-state index in [1.807, 2.05) is 37.4 Å². The third-order valence-electron chi connectivity index (χ3n) is 2.81. The lowest BCUT2D eigenvalue weighted by atomic mass is 10.1. The number of anilines is 1. The van der Waals surface area contributed by atoms with Crippen LogP contribution in [0.3, 0.4) is 0 Å². The number of pyridine rings is 1. The molecule has 0 spiro atoms. The number of aryl methyl sites for hydroxylation is 1. The maximum atomic E-state index is 5.88. The summed E-state index contributed by atoms with van der Waals surface area (Å²) in [5.41, 5.74) is 9.56. The molecule has 5 heteroatoms. The molecule has 0 fully saturated rings. The molecular formula is C13H11ClN4. The van der Waals surface area contributed by atoms with Crippen LogP contribution in [0.15, 0.2) is 36.5 Å². The van der Waals surface area contributed by atoms with Gasteiger partial charge in [0.05, 0.1) is 0 Å². The van der Waals surface area contributed by atoms with Gasteiger partial charge in [-0.15, -0.1) is 5.10 Å². The normalized spacial score (nSPS) is 11.0. The standard InChI is InChI=1S/C13H11ClN4/c1-8-6-10(9-2-4-11(14)5-3-9)7-18-12(8)16-13(15)17-18/h2-7H,1H3,(H2,15,17). The van der Waals surface area contributed by atoms with Gasteiger partial charge in [0.25, 0.3) is 0 Å². The lowest BCUT2D eigenvalue weighted by molar-refractivity contribution is 0.964. The molecule has 0 radical (unpaired) electrons. The Balaban J connectivity index is 2.20. The first-order chi connectivity index (χ1) is 8.63. The SMILES string of the molecule is Cc1cc(-c2ccc(Cl)cc2)cn2nc(N)nc12. The van der Waals surface area contributed by atoms with Gasteiger partial charge < -0.3 is 5.73 Å². The molecule has 2 heterocycles. The molecule has 4 nitrogen and oxygen atoms in total. The topological polar surface area (TPSA) is 56.2 Å². The summed E-state index contributed by atoms with van der Waals surface area (Å²) >= 11 is 5.88. The predicted molar refractivity (Wildman–Crippen MR) is 72.6 cm³/mol. The average Bonchev–Trinajstić information content (AvgIpc) is 2.71. The van der Waals surface area contributed by atoms with Gasteiger partial charge in [-0.3, -0.25) is 0 Å². The van der Waals surface area contributed by atoms with Crippen molar-refractivity contribution < 1.29 is 0 Å². The van der Waals surface area contributed by atoms with Crippen LogP contribution in [0.25, 0.3) is 16.8 Å². The third-order valence-corrected chi connectivity index (χ3v) is 3.06. The number of rotatable bonds is 1. The Hall–Kier alpha value is -2.07. The molecule has 0 aliphatic rings. The van der Waals surface area contributed by atoms with E-state index in [-0.39, 0.29) is 5.95 Å². The molecule has 0 saturated heterocycles. The van der Waals surface area contributed by atoms with Crippen molar-refractivity contribution in [3.8, 4) is 11.1 Å². The summed E-state index contributed by atoms with van der Waals surface area (Å²) in [4.78, 5) is 4.17. The van der Waals surface area contributed by atoms with Gasteiger partial charge in [-0.2, -0.15) is 4.98 Å². The van der Waals surface area contributed by atoms with E-state index in [2.05, 4.69) is 16.1 Å². The number of aromatic nitrogens is 3. The zero-order valence-electron chi connectivity index (χ0n) is 9.76. The van der Waals surface area contributed by atoms with Crippen LogP contribution in [-0.2, 0) is 0 Å². The number of hydrogen-bond donors (Lipinski definition) is 1. The van der Waals surface area contributed by atoms with E-state index < -0.39 is 0 Å². The van der Waals surface area contributed by atoms with Gasteiger partial charge >= 0.3 is 0 Å². The number of hydrogen-bond acceptors (Lipinski definition) is 3. The monoisotopic (exact) mass is 258 g/mol. The van der Waals surface area contributed by atoms with Crippen molar-refractivity contribution in [2.75, 3.05) is 5.73 Å². The fourth-order valence-corrected chi connectivity index (χ4v) is 2.09. The lowest BCUT2D eigenvalue weighted by Gasteiger charge is -2.04. The summed E-state index contributed by atoms with van der Waals surface area (Å²) in [6.45, 7) is 1.99. The molecule has 90 valence electrons. The van der Waals surface area contributed by atoms with E-state index in [0.717, 1.165) is 27.4 Å². The van der Waals surface area contributed by atoms with E-state index in [1.165, 1.54) is 0 Å². The van der Waals surface area contributed by atoms with Gasteiger partial charge in [0.2, 0.25) is 5.95 Å². The number of benzene rings is 1. The van der Waals surface area contributed by atoms with Crippen molar-refractivity contribution in [3.05, 3.63) is 47.1 Å². The van der Waals surface area contributed by atoms with Crippen molar-refractivity contribution in [2.45, 2.75) is 6.92 Å². The zero-order chi connectivity index (χ0) is 12.7. The highest BCUT2D eigenvalue weighted by Crippen LogP contribution is 2.23. The highest BCUT2D eigenvalue weighted by molar-refractivity contribution is 6.30. The molecule has 2 aromatic heterocycles. The van der Waals surface area contributed by atoms with E-state index in [9.17, 15) is 0 Å². The lowest BCUT2D eigenvalue weighted by Crippen LogP contribution is -1.92. The van der Waals surface area contributed by atoms with E-state index in [4.69, 9.17) is 17.3 Å². The first-order valence-electron chi connectivity index (χ1n) is 5.52. The van der Waals surface area contributed by atoms with Gasteiger partial charge in [-0.1, -0.05) is 23.7 Å². The number of nitrogen functional groups attached to an aromatic ring is 1. The number of halogens is 1. The first-order valence-corrected chi connectivity index (χ1v) is 5.90. The highest BCUT2D eigenvalue weighted by atomic mass is 35.5. The van der Waals surface area contributed by atoms with E-state index >= 15 is 0 Å². The van der Waals surface area contributed by atoms with Gasteiger partial charge in [0, 0.05) is 16.8 Å². The molecule has 0 saturated carbocycles. The minimum absolute atomic E-state index is 0.284. The Labute approximate surface area is 109 Å². The molecule has 2 N–H and O–H groups in total. The fourth-order valence-electron chi connectivity index (χ4n) is 1.97. The predicted octanol–water partition coefficient (Wildman–Crippen LogP) is 2.94. The maximum absolute atomic E-state index is 5.88. The first kappa shape index (κ1) is 11.0. The number of nitrogens with two attached hydrogens (primary N) is 1. The van der Waals surface area contributed by atoms with Crippen molar-refractivity contribution in [1.29, 1.82) is 0 Å². The van der Waals surface area contributed by atoms with Crippen LogP contribution >= 0.6 is 11.6 Å². The fraction of sp³-hybridized carbons (Fsp3) is 0.0769. The van der Waals surface area contributed by atoms with Gasteiger partial charge in [-0.05, 0) is 36.2 Å². The second kappa shape index (κ2) is 3.99.